The molecule has 0 bridgehead atoms. The van der Waals surface area contributed by atoms with E-state index in [9.17, 15) is 8.42 Å². The van der Waals surface area contributed by atoms with E-state index in [4.69, 9.17) is 11.6 Å². The minimum absolute atomic E-state index is 0.339. The molecule has 3 aromatic rings. The van der Waals surface area contributed by atoms with Gasteiger partial charge in [-0.3, -0.25) is 14.6 Å². The van der Waals surface area contributed by atoms with Gasteiger partial charge in [-0.15, -0.1) is 5.10 Å². The van der Waals surface area contributed by atoms with Gasteiger partial charge in [0.15, 0.2) is 0 Å². The number of rotatable bonds is 7. The van der Waals surface area contributed by atoms with Gasteiger partial charge in [-0.25, -0.2) is 18.1 Å². The van der Waals surface area contributed by atoms with Crippen molar-refractivity contribution in [1.82, 2.24) is 29.9 Å². The van der Waals surface area contributed by atoms with E-state index in [1.807, 2.05) is 18.3 Å². The minimum atomic E-state index is -3.43. The number of nitrogens with one attached hydrogen (secondary N) is 1. The van der Waals surface area contributed by atoms with Crippen LogP contribution in [-0.4, -0.2) is 69.7 Å². The van der Waals surface area contributed by atoms with Crippen molar-refractivity contribution < 1.29 is 8.42 Å². The van der Waals surface area contributed by atoms with Crippen molar-refractivity contribution in [2.45, 2.75) is 25.6 Å². The summed E-state index contributed by atoms with van der Waals surface area (Å²) < 4.78 is 28.5. The van der Waals surface area contributed by atoms with E-state index in [0.717, 1.165) is 43.4 Å². The summed E-state index contributed by atoms with van der Waals surface area (Å²) in [7, 11) is -3.43. The minimum Gasteiger partial charge on any atom is -0.354 e. The van der Waals surface area contributed by atoms with Crippen molar-refractivity contribution in [2.75, 3.05) is 35.8 Å². The Morgan fingerprint density at radius 1 is 1.16 bits per heavy atom. The zero-order chi connectivity index (χ0) is 22.7. The highest BCUT2D eigenvalue weighted by molar-refractivity contribution is 7.93. The third-order valence-corrected chi connectivity index (χ3v) is 7.12. The van der Waals surface area contributed by atoms with E-state index < -0.39 is 15.3 Å². The van der Waals surface area contributed by atoms with E-state index in [2.05, 4.69) is 34.8 Å². The second kappa shape index (κ2) is 9.39. The van der Waals surface area contributed by atoms with Crippen molar-refractivity contribution in [3.8, 4) is 5.69 Å². The third-order valence-electron chi connectivity index (χ3n) is 5.18. The lowest BCUT2D eigenvalue weighted by Crippen LogP contribution is -2.46. The highest BCUT2D eigenvalue weighted by atomic mass is 35.5. The zero-order valence-electron chi connectivity index (χ0n) is 17.9. The molecule has 10 nitrogen and oxygen atoms in total. The molecular weight excluding hydrogens is 452 g/mol. The first-order valence-corrected chi connectivity index (χ1v) is 12.2. The molecule has 1 N–H and O–H groups in total. The zero-order valence-corrected chi connectivity index (χ0v) is 19.5. The van der Waals surface area contributed by atoms with Crippen LogP contribution >= 0.6 is 11.6 Å². The molecule has 0 saturated carbocycles. The number of halogens is 1. The van der Waals surface area contributed by atoms with Gasteiger partial charge in [-0.2, -0.15) is 0 Å². The highest BCUT2D eigenvalue weighted by Crippen LogP contribution is 2.19. The van der Waals surface area contributed by atoms with Gasteiger partial charge in [0, 0.05) is 38.9 Å². The molecule has 1 fully saturated rings. The van der Waals surface area contributed by atoms with Gasteiger partial charge in [-0.1, -0.05) is 22.9 Å². The van der Waals surface area contributed by atoms with Gasteiger partial charge in [-0.05, 0) is 32.0 Å². The van der Waals surface area contributed by atoms with Crippen LogP contribution in [0.2, 0.25) is 5.02 Å². The molecule has 12 heteroatoms. The van der Waals surface area contributed by atoms with E-state index in [1.165, 1.54) is 0 Å². The Balaban J connectivity index is 1.34. The molecule has 0 amide bonds. The predicted octanol–water partition coefficient (Wildman–Crippen LogP) is 2.18. The van der Waals surface area contributed by atoms with Crippen molar-refractivity contribution in [2.24, 2.45) is 0 Å². The maximum absolute atomic E-state index is 12.1. The molecule has 1 aliphatic heterocycles. The molecule has 1 aliphatic rings. The molecule has 0 atom stereocenters. The number of hydrogen-bond donors (Lipinski definition) is 1. The molecular formula is C20H25ClN8O2S. The summed E-state index contributed by atoms with van der Waals surface area (Å²) in [5, 5.41) is 8.46. The van der Waals surface area contributed by atoms with Gasteiger partial charge >= 0.3 is 0 Å². The number of sulfonamides is 1. The number of nitrogens with zero attached hydrogens (tertiary/aromatic N) is 7. The van der Waals surface area contributed by atoms with Crippen LogP contribution in [0.5, 0.6) is 0 Å². The lowest BCUT2D eigenvalue weighted by atomic mass is 10.3. The third kappa shape index (κ3) is 5.34. The number of hydrogen-bond acceptors (Lipinski definition) is 8. The summed E-state index contributed by atoms with van der Waals surface area (Å²) >= 11 is 6.00. The normalized spacial score (nSPS) is 15.3. The van der Waals surface area contributed by atoms with Crippen LogP contribution in [0.15, 0.2) is 42.9 Å². The van der Waals surface area contributed by atoms with Crippen LogP contribution in [-0.2, 0) is 16.6 Å². The molecule has 32 heavy (non-hydrogen) atoms. The standard InChI is InChI=1S/C20H25ClN8O2S/c1-15(2)32(30,31)25-19-4-3-5-20(23-19)28-8-6-27(7-9-28)13-17-14-29(26-24-17)18-10-16(21)11-22-12-18/h3-5,10-12,14-15H,6-9,13H2,1-2H3,(H,23,25). The number of aromatic nitrogens is 5. The van der Waals surface area contributed by atoms with Crippen LogP contribution in [0.4, 0.5) is 11.6 Å². The van der Waals surface area contributed by atoms with Crippen LogP contribution in [0.25, 0.3) is 5.69 Å². The summed E-state index contributed by atoms with van der Waals surface area (Å²) in [6, 6.07) is 7.16. The number of pyridine rings is 2. The van der Waals surface area contributed by atoms with Gasteiger partial charge in [0.25, 0.3) is 0 Å². The van der Waals surface area contributed by atoms with Crippen LogP contribution in [0.3, 0.4) is 0 Å². The van der Waals surface area contributed by atoms with E-state index in [1.54, 1.807) is 43.1 Å². The van der Waals surface area contributed by atoms with Crippen molar-refractivity contribution in [3.63, 3.8) is 0 Å². The van der Waals surface area contributed by atoms with Crippen molar-refractivity contribution in [3.05, 3.63) is 53.6 Å². The Morgan fingerprint density at radius 2 is 1.94 bits per heavy atom. The van der Waals surface area contributed by atoms with Gasteiger partial charge in [0.05, 0.1) is 34.0 Å². The highest BCUT2D eigenvalue weighted by Gasteiger charge is 2.21. The van der Waals surface area contributed by atoms with Crippen LogP contribution in [0, 0.1) is 0 Å². The van der Waals surface area contributed by atoms with Gasteiger partial charge in [0.2, 0.25) is 10.0 Å². The maximum atomic E-state index is 12.1. The smallest absolute Gasteiger partial charge is 0.236 e. The van der Waals surface area contributed by atoms with Crippen molar-refractivity contribution >= 4 is 33.3 Å². The lowest BCUT2D eigenvalue weighted by Gasteiger charge is -2.35. The Hall–Kier alpha value is -2.76. The van der Waals surface area contributed by atoms with Crippen LogP contribution in [0.1, 0.15) is 19.5 Å². The van der Waals surface area contributed by atoms with E-state index in [0.29, 0.717) is 17.4 Å². The molecule has 1 saturated heterocycles. The fraction of sp³-hybridized carbons (Fsp3) is 0.400. The summed E-state index contributed by atoms with van der Waals surface area (Å²) in [6.07, 6.45) is 5.14. The van der Waals surface area contributed by atoms with Gasteiger partial charge in [0.1, 0.15) is 11.6 Å². The van der Waals surface area contributed by atoms with Crippen molar-refractivity contribution in [1.29, 1.82) is 0 Å². The lowest BCUT2D eigenvalue weighted by molar-refractivity contribution is 0.246. The summed E-state index contributed by atoms with van der Waals surface area (Å²) in [5.74, 6) is 1.10. The fourth-order valence-corrected chi connectivity index (χ4v) is 4.12. The summed E-state index contributed by atoms with van der Waals surface area (Å²) in [4.78, 5) is 13.0. The van der Waals surface area contributed by atoms with Crippen LogP contribution < -0.4 is 9.62 Å². The molecule has 0 radical (unpaired) electrons. The number of piperazine rings is 1. The first kappa shape index (κ1) is 22.4. The quantitative estimate of drug-likeness (QED) is 0.552. The molecule has 3 aromatic heterocycles. The average Bonchev–Trinajstić information content (AvgIpc) is 3.23. The first-order chi connectivity index (χ1) is 15.3. The Kier molecular flexibility index (Phi) is 6.58. The Morgan fingerprint density at radius 3 is 2.66 bits per heavy atom. The molecule has 4 rings (SSSR count). The summed E-state index contributed by atoms with van der Waals surface area (Å²) in [6.45, 7) is 7.17. The SMILES string of the molecule is CC(C)S(=O)(=O)Nc1cccc(N2CCN(Cc3cn(-c4cncc(Cl)c4)nn3)CC2)n1. The molecule has 0 aromatic carbocycles. The fourth-order valence-electron chi connectivity index (χ4n) is 3.31. The van der Waals surface area contributed by atoms with Gasteiger partial charge < -0.3 is 4.90 Å². The largest absolute Gasteiger partial charge is 0.354 e. The maximum Gasteiger partial charge on any atom is 0.236 e. The van der Waals surface area contributed by atoms with E-state index in [-0.39, 0.29) is 0 Å². The monoisotopic (exact) mass is 476 g/mol. The first-order valence-electron chi connectivity index (χ1n) is 10.3. The number of anilines is 2. The molecule has 4 heterocycles. The molecule has 0 spiro atoms. The predicted molar refractivity (Wildman–Crippen MR) is 124 cm³/mol. The second-order valence-corrected chi connectivity index (χ2v) is 10.5. The molecule has 170 valence electrons. The molecule has 0 aliphatic carbocycles. The average molecular weight is 477 g/mol. The topological polar surface area (TPSA) is 109 Å². The Labute approximate surface area is 192 Å². The second-order valence-electron chi connectivity index (χ2n) is 7.86. The Bertz CT molecular complexity index is 1180. The van der Waals surface area contributed by atoms with E-state index >= 15 is 0 Å². The summed E-state index contributed by atoms with van der Waals surface area (Å²) in [5.41, 5.74) is 1.63. The molecule has 0 unspecified atom stereocenters.